The van der Waals surface area contributed by atoms with Gasteiger partial charge >= 0.3 is 0 Å². The van der Waals surface area contributed by atoms with Crippen molar-refractivity contribution in [3.63, 3.8) is 0 Å². The zero-order valence-electron chi connectivity index (χ0n) is 12.0. The van der Waals surface area contributed by atoms with Gasteiger partial charge in [-0.2, -0.15) is 0 Å². The standard InChI is InChI=1S/C14H25N3S/c1-10(2)9-17-7-5-14(15,6-8-17)13-16-11(3)12(4)18-13/h10H,5-9,15H2,1-4H3. The minimum atomic E-state index is -0.183. The van der Waals surface area contributed by atoms with Crippen LogP contribution in [0, 0.1) is 19.8 Å². The molecule has 0 radical (unpaired) electrons. The molecule has 1 saturated heterocycles. The van der Waals surface area contributed by atoms with Gasteiger partial charge in [0.15, 0.2) is 0 Å². The molecule has 2 heterocycles. The van der Waals surface area contributed by atoms with Crippen LogP contribution in [-0.2, 0) is 5.54 Å². The molecule has 18 heavy (non-hydrogen) atoms. The van der Waals surface area contributed by atoms with E-state index in [1.54, 1.807) is 11.3 Å². The number of likely N-dealkylation sites (tertiary alicyclic amines) is 1. The van der Waals surface area contributed by atoms with Crippen LogP contribution in [0.15, 0.2) is 0 Å². The number of nitrogens with zero attached hydrogens (tertiary/aromatic N) is 2. The fourth-order valence-corrected chi connectivity index (χ4v) is 3.62. The average Bonchev–Trinajstić information content (AvgIpc) is 2.63. The summed E-state index contributed by atoms with van der Waals surface area (Å²) in [6.45, 7) is 12.2. The molecule has 0 atom stereocenters. The molecule has 0 aromatic carbocycles. The number of hydrogen-bond acceptors (Lipinski definition) is 4. The van der Waals surface area contributed by atoms with Crippen LogP contribution < -0.4 is 5.73 Å². The molecule has 2 N–H and O–H groups in total. The molecule has 0 unspecified atom stereocenters. The highest BCUT2D eigenvalue weighted by Gasteiger charge is 2.35. The van der Waals surface area contributed by atoms with E-state index in [1.165, 1.54) is 11.4 Å². The highest BCUT2D eigenvalue weighted by molar-refractivity contribution is 7.11. The molecule has 1 aromatic heterocycles. The second-order valence-electron chi connectivity index (χ2n) is 6.01. The van der Waals surface area contributed by atoms with E-state index in [4.69, 9.17) is 5.73 Å². The second-order valence-corrected chi connectivity index (χ2v) is 7.21. The Morgan fingerprint density at radius 3 is 2.39 bits per heavy atom. The second kappa shape index (κ2) is 5.27. The topological polar surface area (TPSA) is 42.1 Å². The van der Waals surface area contributed by atoms with E-state index in [2.05, 4.69) is 37.6 Å². The van der Waals surface area contributed by atoms with Crippen molar-refractivity contribution in [2.24, 2.45) is 11.7 Å². The molecule has 4 heteroatoms. The van der Waals surface area contributed by atoms with Crippen LogP contribution in [0.5, 0.6) is 0 Å². The van der Waals surface area contributed by atoms with Crippen molar-refractivity contribution in [1.82, 2.24) is 9.88 Å². The maximum absolute atomic E-state index is 6.58. The predicted octanol–water partition coefficient (Wildman–Crippen LogP) is 2.67. The van der Waals surface area contributed by atoms with Gasteiger partial charge in [-0.25, -0.2) is 4.98 Å². The number of rotatable bonds is 3. The molecule has 2 rings (SSSR count). The fourth-order valence-electron chi connectivity index (χ4n) is 2.55. The summed E-state index contributed by atoms with van der Waals surface area (Å²) in [4.78, 5) is 8.50. The number of aryl methyl sites for hydroxylation is 2. The van der Waals surface area contributed by atoms with Crippen LogP contribution in [-0.4, -0.2) is 29.5 Å². The van der Waals surface area contributed by atoms with Crippen LogP contribution in [0.1, 0.15) is 42.3 Å². The first-order valence-electron chi connectivity index (χ1n) is 6.86. The molecule has 0 saturated carbocycles. The predicted molar refractivity (Wildman–Crippen MR) is 78.0 cm³/mol. The number of piperidine rings is 1. The lowest BCUT2D eigenvalue weighted by Crippen LogP contribution is -2.48. The first-order chi connectivity index (χ1) is 8.40. The van der Waals surface area contributed by atoms with Gasteiger partial charge in [-0.15, -0.1) is 11.3 Å². The van der Waals surface area contributed by atoms with E-state index in [1.807, 2.05) is 0 Å². The van der Waals surface area contributed by atoms with Crippen molar-refractivity contribution in [2.75, 3.05) is 19.6 Å². The number of aromatic nitrogens is 1. The summed E-state index contributed by atoms with van der Waals surface area (Å²) in [5.74, 6) is 0.736. The molecule has 0 amide bonds. The Morgan fingerprint density at radius 2 is 1.94 bits per heavy atom. The van der Waals surface area contributed by atoms with Crippen molar-refractivity contribution in [3.8, 4) is 0 Å². The van der Waals surface area contributed by atoms with Gasteiger partial charge in [-0.1, -0.05) is 13.8 Å². The molecule has 1 aromatic rings. The molecular weight excluding hydrogens is 242 g/mol. The van der Waals surface area contributed by atoms with E-state index in [-0.39, 0.29) is 5.54 Å². The van der Waals surface area contributed by atoms with Crippen LogP contribution in [0.4, 0.5) is 0 Å². The van der Waals surface area contributed by atoms with Gasteiger partial charge in [-0.3, -0.25) is 0 Å². The summed E-state index contributed by atoms with van der Waals surface area (Å²) >= 11 is 1.78. The molecular formula is C14H25N3S. The van der Waals surface area contributed by atoms with E-state index < -0.39 is 0 Å². The normalized spacial score (nSPS) is 20.6. The van der Waals surface area contributed by atoms with Crippen molar-refractivity contribution in [1.29, 1.82) is 0 Å². The lowest BCUT2D eigenvalue weighted by Gasteiger charge is -2.38. The Kier molecular flexibility index (Phi) is 4.09. The third-order valence-corrected chi connectivity index (χ3v) is 5.12. The van der Waals surface area contributed by atoms with Crippen molar-refractivity contribution in [2.45, 2.75) is 46.1 Å². The van der Waals surface area contributed by atoms with Gasteiger partial charge in [0.25, 0.3) is 0 Å². The van der Waals surface area contributed by atoms with Crippen molar-refractivity contribution >= 4 is 11.3 Å². The zero-order chi connectivity index (χ0) is 13.3. The summed E-state index contributed by atoms with van der Waals surface area (Å²) in [6.07, 6.45) is 2.07. The van der Waals surface area contributed by atoms with Crippen molar-refractivity contribution in [3.05, 3.63) is 15.6 Å². The highest BCUT2D eigenvalue weighted by atomic mass is 32.1. The van der Waals surface area contributed by atoms with Crippen LogP contribution >= 0.6 is 11.3 Å². The van der Waals surface area contributed by atoms with Crippen LogP contribution in [0.2, 0.25) is 0 Å². The van der Waals surface area contributed by atoms with Gasteiger partial charge in [0.05, 0.1) is 11.2 Å². The molecule has 1 aliphatic heterocycles. The third-order valence-electron chi connectivity index (χ3n) is 3.83. The smallest absolute Gasteiger partial charge is 0.113 e. The highest BCUT2D eigenvalue weighted by Crippen LogP contribution is 2.34. The minimum Gasteiger partial charge on any atom is -0.319 e. The van der Waals surface area contributed by atoms with E-state index in [9.17, 15) is 0 Å². The number of thiazole rings is 1. The van der Waals surface area contributed by atoms with Gasteiger partial charge < -0.3 is 10.6 Å². The largest absolute Gasteiger partial charge is 0.319 e. The number of hydrogen-bond donors (Lipinski definition) is 1. The maximum atomic E-state index is 6.58. The minimum absolute atomic E-state index is 0.183. The van der Waals surface area contributed by atoms with E-state index in [0.29, 0.717) is 0 Å². The molecule has 102 valence electrons. The lowest BCUT2D eigenvalue weighted by atomic mass is 9.89. The summed E-state index contributed by atoms with van der Waals surface area (Å²) in [5.41, 5.74) is 7.54. The Morgan fingerprint density at radius 1 is 1.33 bits per heavy atom. The Bertz CT molecular complexity index is 384. The third kappa shape index (κ3) is 2.92. The Hall–Kier alpha value is -0.450. The van der Waals surface area contributed by atoms with Crippen LogP contribution in [0.3, 0.4) is 0 Å². The lowest BCUT2D eigenvalue weighted by molar-refractivity contribution is 0.148. The van der Waals surface area contributed by atoms with Gasteiger partial charge in [-0.05, 0) is 32.6 Å². The fraction of sp³-hybridized carbons (Fsp3) is 0.786. The Balaban J connectivity index is 2.02. The maximum Gasteiger partial charge on any atom is 0.113 e. The molecule has 0 spiro atoms. The van der Waals surface area contributed by atoms with Crippen LogP contribution in [0.25, 0.3) is 0 Å². The SMILES string of the molecule is Cc1nc(C2(N)CCN(CC(C)C)CC2)sc1C. The summed E-state index contributed by atoms with van der Waals surface area (Å²) in [5, 5.41) is 1.14. The summed E-state index contributed by atoms with van der Waals surface area (Å²) in [7, 11) is 0. The Labute approximate surface area is 114 Å². The average molecular weight is 267 g/mol. The molecule has 1 fully saturated rings. The van der Waals surface area contributed by atoms with Gasteiger partial charge in [0.1, 0.15) is 5.01 Å². The first-order valence-corrected chi connectivity index (χ1v) is 7.68. The van der Waals surface area contributed by atoms with Gasteiger partial charge in [0, 0.05) is 24.5 Å². The summed E-state index contributed by atoms with van der Waals surface area (Å²) < 4.78 is 0. The van der Waals surface area contributed by atoms with Gasteiger partial charge in [0.2, 0.25) is 0 Å². The molecule has 0 bridgehead atoms. The first kappa shape index (κ1) is 14.0. The number of nitrogens with two attached hydrogens (primary N) is 1. The quantitative estimate of drug-likeness (QED) is 0.915. The molecule has 3 nitrogen and oxygen atoms in total. The van der Waals surface area contributed by atoms with Crippen molar-refractivity contribution < 1.29 is 0 Å². The monoisotopic (exact) mass is 267 g/mol. The van der Waals surface area contributed by atoms with E-state index in [0.717, 1.165) is 42.6 Å². The summed E-state index contributed by atoms with van der Waals surface area (Å²) in [6, 6.07) is 0. The molecule has 1 aliphatic rings. The zero-order valence-corrected chi connectivity index (χ0v) is 12.8. The molecule has 0 aliphatic carbocycles. The van der Waals surface area contributed by atoms with E-state index >= 15 is 0 Å².